The molecule has 0 radical (unpaired) electrons. The number of hydrogen-bond acceptors (Lipinski definition) is 7. The van der Waals surface area contributed by atoms with Gasteiger partial charge in [-0.3, -0.25) is 24.1 Å². The summed E-state index contributed by atoms with van der Waals surface area (Å²) in [6, 6.07) is 9.08. The molecule has 1 aliphatic heterocycles. The minimum Gasteiger partial charge on any atom is -0.466 e. The van der Waals surface area contributed by atoms with Crippen LogP contribution >= 0.6 is 0 Å². The van der Waals surface area contributed by atoms with Crippen molar-refractivity contribution in [3.63, 3.8) is 0 Å². The number of ether oxygens (including phenoxy) is 1. The van der Waals surface area contributed by atoms with Crippen molar-refractivity contribution in [2.45, 2.75) is 32.2 Å². The first-order valence-electron chi connectivity index (χ1n) is 10.9. The van der Waals surface area contributed by atoms with E-state index in [9.17, 15) is 19.2 Å². The van der Waals surface area contributed by atoms with Gasteiger partial charge in [0.1, 0.15) is 6.04 Å². The molecule has 1 saturated heterocycles. The van der Waals surface area contributed by atoms with Gasteiger partial charge in [-0.1, -0.05) is 19.4 Å². The molecule has 176 valence electrons. The Morgan fingerprint density at radius 3 is 2.70 bits per heavy atom. The average molecular weight is 456 g/mol. The first-order valence-corrected chi connectivity index (χ1v) is 10.9. The summed E-state index contributed by atoms with van der Waals surface area (Å²) in [7, 11) is 0. The predicted octanol–water partition coefficient (Wildman–Crippen LogP) is 2.00. The van der Waals surface area contributed by atoms with E-state index in [0.717, 1.165) is 12.8 Å². The second kappa shape index (κ2) is 11.8. The fraction of sp³-hybridized carbons (Fsp3) is 0.391. The SMILES string of the molecule is CCCCOC(=O)CC1C(=O)NCCN1CC(=O)Nc1cccc(NC(=O)c2ccco2)c1. The Labute approximate surface area is 191 Å². The third-order valence-electron chi connectivity index (χ3n) is 5.06. The monoisotopic (exact) mass is 456 g/mol. The topological polar surface area (TPSA) is 130 Å². The molecule has 0 aliphatic carbocycles. The first kappa shape index (κ1) is 24.0. The molecule has 1 aromatic carbocycles. The van der Waals surface area contributed by atoms with Crippen LogP contribution in [0.15, 0.2) is 47.1 Å². The van der Waals surface area contributed by atoms with E-state index in [0.29, 0.717) is 31.1 Å². The number of nitrogens with zero attached hydrogens (tertiary/aromatic N) is 1. The maximum absolute atomic E-state index is 12.6. The summed E-state index contributed by atoms with van der Waals surface area (Å²) in [4.78, 5) is 50.9. The number of unbranched alkanes of at least 4 members (excludes halogenated alkanes) is 1. The summed E-state index contributed by atoms with van der Waals surface area (Å²) in [5.74, 6) is -1.34. The Morgan fingerprint density at radius 2 is 1.97 bits per heavy atom. The highest BCUT2D eigenvalue weighted by atomic mass is 16.5. The number of amides is 3. The van der Waals surface area contributed by atoms with Crippen molar-refractivity contribution >= 4 is 35.1 Å². The van der Waals surface area contributed by atoms with Crippen LogP contribution in [0.4, 0.5) is 11.4 Å². The highest BCUT2D eigenvalue weighted by Gasteiger charge is 2.33. The number of carbonyl (C=O) groups is 4. The minimum atomic E-state index is -0.766. The summed E-state index contributed by atoms with van der Waals surface area (Å²) < 4.78 is 10.2. The van der Waals surface area contributed by atoms with Crippen molar-refractivity contribution in [1.29, 1.82) is 0 Å². The molecule has 1 fully saturated rings. The molecule has 10 heteroatoms. The van der Waals surface area contributed by atoms with Crippen LogP contribution in [0.2, 0.25) is 0 Å². The molecule has 1 aromatic heterocycles. The summed E-state index contributed by atoms with van der Waals surface area (Å²) >= 11 is 0. The van der Waals surface area contributed by atoms with Gasteiger partial charge in [-0.2, -0.15) is 0 Å². The summed E-state index contributed by atoms with van der Waals surface area (Å²) in [5.41, 5.74) is 0.966. The van der Waals surface area contributed by atoms with E-state index in [1.54, 1.807) is 41.3 Å². The minimum absolute atomic E-state index is 0.0662. The van der Waals surface area contributed by atoms with Crippen molar-refractivity contribution in [1.82, 2.24) is 10.2 Å². The van der Waals surface area contributed by atoms with Gasteiger partial charge in [-0.05, 0) is 36.8 Å². The quantitative estimate of drug-likeness (QED) is 0.368. The zero-order valence-corrected chi connectivity index (χ0v) is 18.5. The largest absolute Gasteiger partial charge is 0.466 e. The number of piperazine rings is 1. The lowest BCUT2D eigenvalue weighted by molar-refractivity contribution is -0.149. The van der Waals surface area contributed by atoms with Crippen LogP contribution in [-0.4, -0.2) is 60.9 Å². The summed E-state index contributed by atoms with van der Waals surface area (Å²) in [6.45, 7) is 3.07. The number of furan rings is 1. The molecule has 1 aliphatic rings. The highest BCUT2D eigenvalue weighted by Crippen LogP contribution is 2.17. The molecule has 1 unspecified atom stereocenters. The number of benzene rings is 1. The molecule has 0 bridgehead atoms. The molecule has 2 heterocycles. The Kier molecular flexibility index (Phi) is 8.59. The van der Waals surface area contributed by atoms with E-state index in [-0.39, 0.29) is 30.5 Å². The molecular weight excluding hydrogens is 428 g/mol. The van der Waals surface area contributed by atoms with Gasteiger partial charge < -0.3 is 25.1 Å². The number of carbonyl (C=O) groups excluding carboxylic acids is 4. The first-order chi connectivity index (χ1) is 16.0. The van der Waals surface area contributed by atoms with E-state index in [2.05, 4.69) is 16.0 Å². The van der Waals surface area contributed by atoms with Gasteiger partial charge in [0.05, 0.1) is 25.8 Å². The van der Waals surface area contributed by atoms with Crippen LogP contribution in [0.25, 0.3) is 0 Å². The van der Waals surface area contributed by atoms with Crippen molar-refractivity contribution in [2.75, 3.05) is 36.9 Å². The van der Waals surface area contributed by atoms with Crippen LogP contribution in [0.5, 0.6) is 0 Å². The smallest absolute Gasteiger partial charge is 0.307 e. The maximum atomic E-state index is 12.6. The molecule has 1 atom stereocenters. The van der Waals surface area contributed by atoms with Crippen LogP contribution in [-0.2, 0) is 19.1 Å². The fourth-order valence-corrected chi connectivity index (χ4v) is 3.38. The van der Waals surface area contributed by atoms with Gasteiger partial charge >= 0.3 is 5.97 Å². The second-order valence-electron chi connectivity index (χ2n) is 7.62. The van der Waals surface area contributed by atoms with Gasteiger partial charge in [-0.25, -0.2) is 0 Å². The van der Waals surface area contributed by atoms with Crippen molar-refractivity contribution in [2.24, 2.45) is 0 Å². The Morgan fingerprint density at radius 1 is 1.18 bits per heavy atom. The Balaban J connectivity index is 1.56. The van der Waals surface area contributed by atoms with Crippen LogP contribution in [0.1, 0.15) is 36.7 Å². The standard InChI is InChI=1S/C23H28N4O6/c1-2-3-11-33-21(29)14-18-22(30)24-9-10-27(18)15-20(28)25-16-6-4-7-17(13-16)26-23(31)19-8-5-12-32-19/h4-8,12-13,18H,2-3,9-11,14-15H2,1H3,(H,24,30)(H,25,28)(H,26,31). The number of anilines is 2. The number of rotatable bonds is 10. The number of nitrogens with one attached hydrogen (secondary N) is 3. The Hall–Kier alpha value is -3.66. The van der Waals surface area contributed by atoms with E-state index in [1.807, 2.05) is 6.92 Å². The van der Waals surface area contributed by atoms with Crippen LogP contribution < -0.4 is 16.0 Å². The number of esters is 1. The second-order valence-corrected chi connectivity index (χ2v) is 7.62. The third kappa shape index (κ3) is 7.18. The summed E-state index contributed by atoms with van der Waals surface area (Å²) in [5, 5.41) is 8.19. The zero-order chi connectivity index (χ0) is 23.6. The van der Waals surface area contributed by atoms with E-state index in [4.69, 9.17) is 9.15 Å². The van der Waals surface area contributed by atoms with Gasteiger partial charge in [0.15, 0.2) is 5.76 Å². The zero-order valence-electron chi connectivity index (χ0n) is 18.5. The van der Waals surface area contributed by atoms with Crippen molar-refractivity contribution in [3.8, 4) is 0 Å². The molecule has 3 N–H and O–H groups in total. The van der Waals surface area contributed by atoms with Crippen molar-refractivity contribution < 1.29 is 28.3 Å². The highest BCUT2D eigenvalue weighted by molar-refractivity contribution is 6.02. The van der Waals surface area contributed by atoms with E-state index in [1.165, 1.54) is 6.26 Å². The van der Waals surface area contributed by atoms with Crippen LogP contribution in [0, 0.1) is 0 Å². The molecule has 0 saturated carbocycles. The normalized spacial score (nSPS) is 16.0. The fourth-order valence-electron chi connectivity index (χ4n) is 3.38. The van der Waals surface area contributed by atoms with Crippen molar-refractivity contribution in [3.05, 3.63) is 48.4 Å². The third-order valence-corrected chi connectivity index (χ3v) is 5.06. The molecule has 3 rings (SSSR count). The van der Waals surface area contributed by atoms with Gasteiger partial charge in [-0.15, -0.1) is 0 Å². The molecule has 2 aromatic rings. The lowest BCUT2D eigenvalue weighted by Crippen LogP contribution is -2.57. The average Bonchev–Trinajstić information content (AvgIpc) is 3.32. The van der Waals surface area contributed by atoms with Crippen LogP contribution in [0.3, 0.4) is 0 Å². The molecule has 0 spiro atoms. The maximum Gasteiger partial charge on any atom is 0.307 e. The molecule has 3 amide bonds. The number of hydrogen-bond donors (Lipinski definition) is 3. The predicted molar refractivity (Wildman–Crippen MR) is 121 cm³/mol. The lowest BCUT2D eigenvalue weighted by atomic mass is 10.1. The molecule has 33 heavy (non-hydrogen) atoms. The van der Waals surface area contributed by atoms with Gasteiger partial charge in [0.25, 0.3) is 5.91 Å². The van der Waals surface area contributed by atoms with Gasteiger partial charge in [0, 0.05) is 24.5 Å². The molecule has 10 nitrogen and oxygen atoms in total. The van der Waals surface area contributed by atoms with E-state index < -0.39 is 17.9 Å². The van der Waals surface area contributed by atoms with E-state index >= 15 is 0 Å². The Bertz CT molecular complexity index is 975. The lowest BCUT2D eigenvalue weighted by Gasteiger charge is -2.33. The summed E-state index contributed by atoms with van der Waals surface area (Å²) in [6.07, 6.45) is 2.95. The van der Waals surface area contributed by atoms with Gasteiger partial charge in [0.2, 0.25) is 11.8 Å². The molecular formula is C23H28N4O6.